The number of nitrogens with two attached hydrogens (primary N) is 1. The van der Waals surface area contributed by atoms with Crippen molar-refractivity contribution in [3.8, 4) is 0 Å². The van der Waals surface area contributed by atoms with Crippen molar-refractivity contribution in [3.05, 3.63) is 0 Å². The first-order valence-corrected chi connectivity index (χ1v) is 6.05. The SMILES string of the molecule is COC(=O)OCN(CCCC[C@H](N)C(=O)O)/C(C)=N/O.Cl.Cl. The van der Waals surface area contributed by atoms with Gasteiger partial charge in [0.1, 0.15) is 11.9 Å². The minimum atomic E-state index is -1.04. The number of hydrogen-bond acceptors (Lipinski definition) is 7. The van der Waals surface area contributed by atoms with Crippen molar-refractivity contribution < 1.29 is 29.4 Å². The van der Waals surface area contributed by atoms with E-state index in [4.69, 9.17) is 20.8 Å². The summed E-state index contributed by atoms with van der Waals surface area (Å²) in [5.74, 6) is -0.764. The molecule has 1 atom stereocenters. The molecule has 0 aliphatic rings. The van der Waals surface area contributed by atoms with Crippen LogP contribution in [0.3, 0.4) is 0 Å². The first-order chi connectivity index (χ1) is 9.42. The Hall–Kier alpha value is -1.45. The lowest BCUT2D eigenvalue weighted by Crippen LogP contribution is -2.34. The number of carbonyl (C=O) groups is 2. The second-order valence-electron chi connectivity index (χ2n) is 4.08. The van der Waals surface area contributed by atoms with Crippen LogP contribution in [-0.2, 0) is 14.3 Å². The standard InChI is InChI=1S/C11H21N3O6.2ClH/c1-8(13-18)14(7-20-11(17)19-2)6-4-3-5-9(12)10(15)16;;/h9,18H,3-7,12H2,1-2H3,(H,15,16);2*1H/b13-8+;;/t9-;;/m0../s1. The Balaban J connectivity index is -0.00000180. The van der Waals surface area contributed by atoms with Crippen molar-refractivity contribution in [1.82, 2.24) is 4.90 Å². The van der Waals surface area contributed by atoms with Gasteiger partial charge < -0.3 is 30.4 Å². The van der Waals surface area contributed by atoms with Crippen LogP contribution in [0.2, 0.25) is 0 Å². The van der Waals surface area contributed by atoms with Gasteiger partial charge in [0.2, 0.25) is 0 Å². The number of rotatable bonds is 8. The Morgan fingerprint density at radius 3 is 2.36 bits per heavy atom. The number of ether oxygens (including phenoxy) is 2. The van der Waals surface area contributed by atoms with Crippen LogP contribution in [0.25, 0.3) is 0 Å². The first kappa shape index (κ1) is 25.5. The molecule has 0 heterocycles. The Labute approximate surface area is 141 Å². The largest absolute Gasteiger partial charge is 0.509 e. The van der Waals surface area contributed by atoms with Crippen molar-refractivity contribution in [1.29, 1.82) is 0 Å². The summed E-state index contributed by atoms with van der Waals surface area (Å²) in [4.78, 5) is 22.9. The van der Waals surface area contributed by atoms with Gasteiger partial charge in [-0.15, -0.1) is 24.8 Å². The van der Waals surface area contributed by atoms with Crippen LogP contribution in [-0.4, -0.2) is 59.6 Å². The average Bonchev–Trinajstić information content (AvgIpc) is 2.44. The zero-order chi connectivity index (χ0) is 15.5. The van der Waals surface area contributed by atoms with Crippen LogP contribution in [0.1, 0.15) is 26.2 Å². The number of oxime groups is 1. The Kier molecular flexibility index (Phi) is 16.8. The molecule has 11 heteroatoms. The summed E-state index contributed by atoms with van der Waals surface area (Å²) in [7, 11) is 1.19. The molecule has 0 radical (unpaired) electrons. The molecular weight excluding hydrogens is 341 g/mol. The lowest BCUT2D eigenvalue weighted by molar-refractivity contribution is -0.138. The van der Waals surface area contributed by atoms with Crippen molar-refractivity contribution >= 4 is 42.8 Å². The third kappa shape index (κ3) is 11.2. The fourth-order valence-corrected chi connectivity index (χ4v) is 1.36. The molecule has 0 amide bonds. The summed E-state index contributed by atoms with van der Waals surface area (Å²) in [6.45, 7) is 1.86. The number of aliphatic carboxylic acids is 1. The molecule has 0 saturated heterocycles. The van der Waals surface area contributed by atoms with Crippen LogP contribution in [0.5, 0.6) is 0 Å². The Morgan fingerprint density at radius 1 is 1.32 bits per heavy atom. The zero-order valence-electron chi connectivity index (χ0n) is 12.4. The van der Waals surface area contributed by atoms with Gasteiger partial charge in [0.15, 0.2) is 6.73 Å². The van der Waals surface area contributed by atoms with Crippen LogP contribution in [0.4, 0.5) is 4.79 Å². The highest BCUT2D eigenvalue weighted by Gasteiger charge is 2.13. The maximum absolute atomic E-state index is 10.9. The smallest absolute Gasteiger partial charge is 0.480 e. The number of amidine groups is 1. The van der Waals surface area contributed by atoms with Crippen LogP contribution < -0.4 is 5.73 Å². The van der Waals surface area contributed by atoms with Gasteiger partial charge >= 0.3 is 12.1 Å². The number of carboxylic acids is 1. The topological polar surface area (TPSA) is 135 Å². The van der Waals surface area contributed by atoms with Crippen molar-refractivity contribution in [2.24, 2.45) is 10.9 Å². The van der Waals surface area contributed by atoms with Gasteiger partial charge in [0.05, 0.1) is 7.11 Å². The molecule has 0 saturated carbocycles. The normalized spacial score (nSPS) is 11.5. The minimum Gasteiger partial charge on any atom is -0.480 e. The molecule has 0 bridgehead atoms. The van der Waals surface area contributed by atoms with E-state index in [0.717, 1.165) is 0 Å². The number of nitrogens with zero attached hydrogens (tertiary/aromatic N) is 2. The molecule has 0 aliphatic heterocycles. The summed E-state index contributed by atoms with van der Waals surface area (Å²) in [6.07, 6.45) is 0.698. The van der Waals surface area contributed by atoms with E-state index in [1.54, 1.807) is 6.92 Å². The minimum absolute atomic E-state index is 0. The maximum Gasteiger partial charge on any atom is 0.509 e. The monoisotopic (exact) mass is 363 g/mol. The van der Waals surface area contributed by atoms with E-state index in [0.29, 0.717) is 25.8 Å². The third-order valence-electron chi connectivity index (χ3n) is 2.62. The lowest BCUT2D eigenvalue weighted by atomic mass is 10.1. The predicted octanol–water partition coefficient (Wildman–Crippen LogP) is 1.26. The van der Waals surface area contributed by atoms with Crippen LogP contribution in [0.15, 0.2) is 5.16 Å². The number of carbonyl (C=O) groups excluding carboxylic acids is 1. The van der Waals surface area contributed by atoms with E-state index in [-0.39, 0.29) is 37.4 Å². The predicted molar refractivity (Wildman–Crippen MR) is 83.9 cm³/mol. The maximum atomic E-state index is 10.9. The van der Waals surface area contributed by atoms with E-state index in [1.165, 1.54) is 12.0 Å². The van der Waals surface area contributed by atoms with E-state index >= 15 is 0 Å². The molecule has 0 spiro atoms. The van der Waals surface area contributed by atoms with Crippen LogP contribution in [0, 0.1) is 0 Å². The highest BCUT2D eigenvalue weighted by molar-refractivity contribution is 5.85. The molecule has 0 aromatic heterocycles. The highest BCUT2D eigenvalue weighted by Crippen LogP contribution is 2.03. The van der Waals surface area contributed by atoms with E-state index in [2.05, 4.69) is 9.89 Å². The summed E-state index contributed by atoms with van der Waals surface area (Å²) in [5.41, 5.74) is 5.37. The van der Waals surface area contributed by atoms with Crippen molar-refractivity contribution in [2.45, 2.75) is 32.2 Å². The molecule has 0 fully saturated rings. The van der Waals surface area contributed by atoms with Gasteiger partial charge in [-0.05, 0) is 26.2 Å². The Bertz CT molecular complexity index is 357. The molecule has 0 aromatic carbocycles. The van der Waals surface area contributed by atoms with Crippen molar-refractivity contribution in [2.75, 3.05) is 20.4 Å². The molecule has 0 aromatic rings. The van der Waals surface area contributed by atoms with Gasteiger partial charge in [-0.25, -0.2) is 4.79 Å². The summed E-state index contributed by atoms with van der Waals surface area (Å²) >= 11 is 0. The zero-order valence-corrected chi connectivity index (χ0v) is 14.1. The van der Waals surface area contributed by atoms with Gasteiger partial charge in [-0.2, -0.15) is 0 Å². The lowest BCUT2D eigenvalue weighted by Gasteiger charge is -2.22. The number of carboxylic acid groups (broad SMARTS) is 1. The second kappa shape index (κ2) is 14.5. The van der Waals surface area contributed by atoms with Gasteiger partial charge in [-0.1, -0.05) is 5.16 Å². The number of methoxy groups -OCH3 is 1. The summed E-state index contributed by atoms with van der Waals surface area (Å²) in [6, 6.07) is -0.887. The molecular formula is C11H23Cl2N3O6. The van der Waals surface area contributed by atoms with E-state index in [1.807, 2.05) is 0 Å². The fraction of sp³-hybridized carbons (Fsp3) is 0.727. The molecule has 132 valence electrons. The van der Waals surface area contributed by atoms with Gasteiger partial charge in [0, 0.05) is 6.54 Å². The molecule has 22 heavy (non-hydrogen) atoms. The summed E-state index contributed by atoms with van der Waals surface area (Å²) < 4.78 is 9.07. The fourth-order valence-electron chi connectivity index (χ4n) is 1.36. The number of unbranched alkanes of at least 4 members (excludes halogenated alkanes) is 1. The molecule has 9 nitrogen and oxygen atoms in total. The average molecular weight is 364 g/mol. The van der Waals surface area contributed by atoms with Gasteiger partial charge in [0.25, 0.3) is 0 Å². The van der Waals surface area contributed by atoms with E-state index in [9.17, 15) is 9.59 Å². The Morgan fingerprint density at radius 2 is 1.91 bits per heavy atom. The summed E-state index contributed by atoms with van der Waals surface area (Å²) in [5, 5.41) is 20.4. The quantitative estimate of drug-likeness (QED) is 0.111. The molecule has 0 unspecified atom stereocenters. The number of hydrogen-bond donors (Lipinski definition) is 3. The number of halogens is 2. The molecule has 0 aliphatic carbocycles. The first-order valence-electron chi connectivity index (χ1n) is 6.05. The van der Waals surface area contributed by atoms with Gasteiger partial charge in [-0.3, -0.25) is 4.79 Å². The molecule has 4 N–H and O–H groups in total. The van der Waals surface area contributed by atoms with Crippen LogP contribution >= 0.6 is 24.8 Å². The van der Waals surface area contributed by atoms with Crippen molar-refractivity contribution in [3.63, 3.8) is 0 Å². The highest BCUT2D eigenvalue weighted by atomic mass is 35.5. The third-order valence-corrected chi connectivity index (χ3v) is 2.62. The second-order valence-corrected chi connectivity index (χ2v) is 4.08. The van der Waals surface area contributed by atoms with E-state index < -0.39 is 18.2 Å². The molecule has 0 rings (SSSR count).